The van der Waals surface area contributed by atoms with Gasteiger partial charge in [-0.05, 0) is 13.3 Å². The Bertz CT molecular complexity index is 249. The first-order chi connectivity index (χ1) is 7.41. The van der Waals surface area contributed by atoms with Gasteiger partial charge >= 0.3 is 6.18 Å². The molecule has 0 radical (unpaired) electrons. The van der Waals surface area contributed by atoms with E-state index in [4.69, 9.17) is 4.74 Å². The number of alkyl halides is 3. The van der Waals surface area contributed by atoms with Crippen molar-refractivity contribution in [2.45, 2.75) is 32.9 Å². The Labute approximate surface area is 92.7 Å². The lowest BCUT2D eigenvalue weighted by Crippen LogP contribution is -2.24. The molecule has 0 aromatic carbocycles. The fraction of sp³-hybridized carbons (Fsp3) is 0.700. The lowest BCUT2D eigenvalue weighted by molar-refractivity contribution is -0.165. The number of ether oxygens (including phenoxy) is 1. The van der Waals surface area contributed by atoms with Gasteiger partial charge in [-0.15, -0.1) is 0 Å². The van der Waals surface area contributed by atoms with Gasteiger partial charge in [0, 0.05) is 6.54 Å². The maximum atomic E-state index is 12.0. The minimum absolute atomic E-state index is 0.127. The largest absolute Gasteiger partial charge is 0.479 e. The minimum atomic E-state index is -4.85. The lowest BCUT2D eigenvalue weighted by Gasteiger charge is -2.11. The van der Waals surface area contributed by atoms with Crippen LogP contribution in [0.25, 0.3) is 0 Å². The molecule has 16 heavy (non-hydrogen) atoms. The van der Waals surface area contributed by atoms with E-state index in [2.05, 4.69) is 5.32 Å². The first-order valence-corrected chi connectivity index (χ1v) is 5.11. The Morgan fingerprint density at radius 2 is 2.00 bits per heavy atom. The number of rotatable bonds is 7. The molecule has 0 aliphatic carbocycles. The van der Waals surface area contributed by atoms with Gasteiger partial charge in [0.15, 0.2) is 5.88 Å². The standard InChI is InChI=1S/C10H16F3NO2/c1-3-5-6-14-9(16-4-2)7-8(15)10(11,12)13/h7,14H,3-6H2,1-2H3/b9-7+. The third-order valence-electron chi connectivity index (χ3n) is 1.67. The molecule has 0 aliphatic rings. The molecule has 0 amide bonds. The lowest BCUT2D eigenvalue weighted by atomic mass is 10.3. The molecule has 0 unspecified atom stereocenters. The van der Waals surface area contributed by atoms with Crippen molar-refractivity contribution < 1.29 is 22.7 Å². The number of unbranched alkanes of at least 4 members (excludes halogenated alkanes) is 1. The molecule has 0 atom stereocenters. The van der Waals surface area contributed by atoms with E-state index in [9.17, 15) is 18.0 Å². The van der Waals surface area contributed by atoms with Crippen molar-refractivity contribution in [2.24, 2.45) is 0 Å². The first kappa shape index (κ1) is 14.8. The van der Waals surface area contributed by atoms with Gasteiger partial charge in [0.05, 0.1) is 12.7 Å². The zero-order chi connectivity index (χ0) is 12.6. The van der Waals surface area contributed by atoms with E-state index in [1.807, 2.05) is 6.92 Å². The molecule has 0 saturated heterocycles. The van der Waals surface area contributed by atoms with Gasteiger partial charge in [0.25, 0.3) is 5.78 Å². The second-order valence-electron chi connectivity index (χ2n) is 3.08. The third kappa shape index (κ3) is 6.31. The van der Waals surface area contributed by atoms with E-state index in [1.165, 1.54) is 0 Å². The summed E-state index contributed by atoms with van der Waals surface area (Å²) in [5.41, 5.74) is 0. The van der Waals surface area contributed by atoms with Crippen molar-refractivity contribution in [3.8, 4) is 0 Å². The number of ketones is 1. The van der Waals surface area contributed by atoms with Gasteiger partial charge in [-0.3, -0.25) is 4.79 Å². The number of allylic oxidation sites excluding steroid dienone is 1. The van der Waals surface area contributed by atoms with Gasteiger partial charge in [-0.2, -0.15) is 13.2 Å². The number of carbonyl (C=O) groups is 1. The average molecular weight is 239 g/mol. The zero-order valence-electron chi connectivity index (χ0n) is 9.36. The van der Waals surface area contributed by atoms with Crippen LogP contribution in [0.1, 0.15) is 26.7 Å². The zero-order valence-corrected chi connectivity index (χ0v) is 9.36. The third-order valence-corrected chi connectivity index (χ3v) is 1.67. The van der Waals surface area contributed by atoms with Gasteiger partial charge in [-0.1, -0.05) is 13.3 Å². The Morgan fingerprint density at radius 3 is 2.44 bits per heavy atom. The molecule has 0 spiro atoms. The van der Waals surface area contributed by atoms with Gasteiger partial charge < -0.3 is 10.1 Å². The van der Waals surface area contributed by atoms with E-state index < -0.39 is 12.0 Å². The summed E-state index contributed by atoms with van der Waals surface area (Å²) in [6.45, 7) is 4.27. The van der Waals surface area contributed by atoms with E-state index in [0.29, 0.717) is 12.6 Å². The van der Waals surface area contributed by atoms with Crippen LogP contribution in [0.15, 0.2) is 12.0 Å². The minimum Gasteiger partial charge on any atom is -0.479 e. The van der Waals surface area contributed by atoms with E-state index in [0.717, 1.165) is 12.8 Å². The van der Waals surface area contributed by atoms with Crippen molar-refractivity contribution in [1.82, 2.24) is 5.32 Å². The van der Waals surface area contributed by atoms with Crippen molar-refractivity contribution in [2.75, 3.05) is 13.2 Å². The molecule has 0 bridgehead atoms. The summed E-state index contributed by atoms with van der Waals surface area (Å²) < 4.78 is 40.8. The molecule has 0 aromatic rings. The fourth-order valence-corrected chi connectivity index (χ4v) is 0.888. The van der Waals surface area contributed by atoms with Crippen LogP contribution in [0.3, 0.4) is 0 Å². The molecule has 0 aliphatic heterocycles. The molecule has 0 aromatic heterocycles. The molecule has 0 fully saturated rings. The summed E-state index contributed by atoms with van der Waals surface area (Å²) in [5.74, 6) is -2.04. The topological polar surface area (TPSA) is 38.3 Å². The van der Waals surface area contributed by atoms with Gasteiger partial charge in [-0.25, -0.2) is 0 Å². The maximum absolute atomic E-state index is 12.0. The normalized spacial score (nSPS) is 12.4. The monoisotopic (exact) mass is 239 g/mol. The second kappa shape index (κ2) is 7.14. The predicted molar refractivity (Wildman–Crippen MR) is 53.7 cm³/mol. The Morgan fingerprint density at radius 1 is 1.38 bits per heavy atom. The molecule has 0 heterocycles. The van der Waals surface area contributed by atoms with Crippen molar-refractivity contribution in [1.29, 1.82) is 0 Å². The van der Waals surface area contributed by atoms with Crippen LogP contribution < -0.4 is 5.32 Å². The number of carbonyl (C=O) groups excluding carboxylic acids is 1. The van der Waals surface area contributed by atoms with Crippen molar-refractivity contribution >= 4 is 5.78 Å². The summed E-state index contributed by atoms with van der Waals surface area (Å²) in [7, 11) is 0. The van der Waals surface area contributed by atoms with Crippen LogP contribution in [-0.2, 0) is 9.53 Å². The van der Waals surface area contributed by atoms with Crippen LogP contribution in [0.2, 0.25) is 0 Å². The number of hydrogen-bond donors (Lipinski definition) is 1. The smallest absolute Gasteiger partial charge is 0.454 e. The average Bonchev–Trinajstić information content (AvgIpc) is 2.16. The Hall–Kier alpha value is -1.20. The summed E-state index contributed by atoms with van der Waals surface area (Å²) in [6, 6.07) is 0. The quantitative estimate of drug-likeness (QED) is 0.421. The number of hydrogen-bond acceptors (Lipinski definition) is 3. The molecule has 0 saturated carbocycles. The molecular formula is C10H16F3NO2. The fourth-order valence-electron chi connectivity index (χ4n) is 0.888. The van der Waals surface area contributed by atoms with Crippen LogP contribution >= 0.6 is 0 Å². The van der Waals surface area contributed by atoms with Crippen LogP contribution in [0.5, 0.6) is 0 Å². The summed E-state index contributed by atoms with van der Waals surface area (Å²) in [4.78, 5) is 10.7. The SMILES string of the molecule is CCCCN/C(=C\C(=O)C(F)(F)F)OCC. The number of nitrogens with one attached hydrogen (secondary N) is 1. The summed E-state index contributed by atoms with van der Waals surface area (Å²) in [6.07, 6.45) is -2.71. The summed E-state index contributed by atoms with van der Waals surface area (Å²) >= 11 is 0. The number of halogens is 3. The Balaban J connectivity index is 4.39. The van der Waals surface area contributed by atoms with Crippen LogP contribution in [-0.4, -0.2) is 25.1 Å². The maximum Gasteiger partial charge on any atom is 0.454 e. The first-order valence-electron chi connectivity index (χ1n) is 5.11. The molecule has 0 rings (SSSR count). The summed E-state index contributed by atoms with van der Waals surface area (Å²) in [5, 5.41) is 2.64. The molecule has 94 valence electrons. The highest BCUT2D eigenvalue weighted by atomic mass is 19.4. The van der Waals surface area contributed by atoms with E-state index in [1.54, 1.807) is 6.92 Å². The highest BCUT2D eigenvalue weighted by molar-refractivity contribution is 5.94. The van der Waals surface area contributed by atoms with Crippen LogP contribution in [0.4, 0.5) is 13.2 Å². The van der Waals surface area contributed by atoms with Crippen molar-refractivity contribution in [3.63, 3.8) is 0 Å². The van der Waals surface area contributed by atoms with E-state index in [-0.39, 0.29) is 12.5 Å². The highest BCUT2D eigenvalue weighted by Gasteiger charge is 2.37. The second-order valence-corrected chi connectivity index (χ2v) is 3.08. The highest BCUT2D eigenvalue weighted by Crippen LogP contribution is 2.17. The molecular weight excluding hydrogens is 223 g/mol. The van der Waals surface area contributed by atoms with E-state index >= 15 is 0 Å². The molecule has 1 N–H and O–H groups in total. The van der Waals surface area contributed by atoms with Gasteiger partial charge in [0.2, 0.25) is 0 Å². The molecule has 3 nitrogen and oxygen atoms in total. The predicted octanol–water partition coefficient (Wildman–Crippen LogP) is 2.39. The molecule has 6 heteroatoms. The van der Waals surface area contributed by atoms with Crippen molar-refractivity contribution in [3.05, 3.63) is 12.0 Å². The van der Waals surface area contributed by atoms with Gasteiger partial charge in [0.1, 0.15) is 0 Å². The van der Waals surface area contributed by atoms with Crippen LogP contribution in [0, 0.1) is 0 Å². The Kier molecular flexibility index (Phi) is 6.60.